The number of thioether (sulfide) groups is 1. The van der Waals surface area contributed by atoms with E-state index in [0.717, 1.165) is 23.4 Å². The molecule has 0 fully saturated rings. The van der Waals surface area contributed by atoms with Crippen LogP contribution in [0.2, 0.25) is 0 Å². The summed E-state index contributed by atoms with van der Waals surface area (Å²) in [5.74, 6) is 0.873. The molecule has 3 rings (SSSR count). The lowest BCUT2D eigenvalue weighted by Crippen LogP contribution is -2.37. The van der Waals surface area contributed by atoms with E-state index in [-0.39, 0.29) is 11.7 Å². The molecule has 1 N–H and O–H groups in total. The van der Waals surface area contributed by atoms with Gasteiger partial charge in [0.05, 0.1) is 5.75 Å². The van der Waals surface area contributed by atoms with Gasteiger partial charge in [-0.25, -0.2) is 0 Å². The average molecular weight is 299 g/mol. The molecular formula is C17H17NO2S. The molecule has 0 saturated carbocycles. The Balaban J connectivity index is 1.61. The van der Waals surface area contributed by atoms with Gasteiger partial charge in [-0.15, -0.1) is 11.8 Å². The molecule has 108 valence electrons. The highest BCUT2D eigenvalue weighted by molar-refractivity contribution is 8.00. The molecular weight excluding hydrogens is 282 g/mol. The van der Waals surface area contributed by atoms with E-state index in [2.05, 4.69) is 0 Å². The summed E-state index contributed by atoms with van der Waals surface area (Å²) in [5, 5.41) is 9.56. The van der Waals surface area contributed by atoms with Crippen LogP contribution in [0.3, 0.4) is 0 Å². The van der Waals surface area contributed by atoms with Crippen molar-refractivity contribution in [3.8, 4) is 5.75 Å². The Morgan fingerprint density at radius 2 is 1.95 bits per heavy atom. The number of phenols is 1. The van der Waals surface area contributed by atoms with Gasteiger partial charge in [0.1, 0.15) is 5.75 Å². The van der Waals surface area contributed by atoms with Crippen LogP contribution in [0.15, 0.2) is 53.4 Å². The summed E-state index contributed by atoms with van der Waals surface area (Å²) in [4.78, 5) is 15.3. The zero-order valence-electron chi connectivity index (χ0n) is 11.7. The maximum absolute atomic E-state index is 12.3. The van der Waals surface area contributed by atoms with E-state index in [4.69, 9.17) is 0 Å². The average Bonchev–Trinajstić information content (AvgIpc) is 2.53. The Morgan fingerprint density at radius 3 is 2.76 bits per heavy atom. The van der Waals surface area contributed by atoms with Gasteiger partial charge >= 0.3 is 0 Å². The van der Waals surface area contributed by atoms with Crippen molar-refractivity contribution in [3.05, 3.63) is 59.7 Å². The van der Waals surface area contributed by atoms with Gasteiger partial charge in [0.25, 0.3) is 0 Å². The zero-order chi connectivity index (χ0) is 14.7. The molecule has 1 heterocycles. The smallest absolute Gasteiger partial charge is 0.233 e. The third-order valence-electron chi connectivity index (χ3n) is 3.66. The number of rotatable bonds is 3. The number of amides is 1. The molecule has 0 unspecified atom stereocenters. The number of carbonyl (C=O) groups excluding carboxylic acids is 1. The fourth-order valence-corrected chi connectivity index (χ4v) is 3.33. The number of benzene rings is 2. The third kappa shape index (κ3) is 3.39. The molecule has 2 aromatic carbocycles. The van der Waals surface area contributed by atoms with Crippen LogP contribution in [0, 0.1) is 0 Å². The Hall–Kier alpha value is -1.94. The first-order chi connectivity index (χ1) is 10.2. The summed E-state index contributed by atoms with van der Waals surface area (Å²) in [5.41, 5.74) is 2.28. The van der Waals surface area contributed by atoms with Crippen molar-refractivity contribution in [1.82, 2.24) is 4.90 Å². The Morgan fingerprint density at radius 1 is 1.14 bits per heavy atom. The number of fused-ring (bicyclic) bond motifs is 1. The highest BCUT2D eigenvalue weighted by Gasteiger charge is 2.20. The molecule has 1 aliphatic rings. The van der Waals surface area contributed by atoms with Crippen molar-refractivity contribution < 1.29 is 9.90 Å². The van der Waals surface area contributed by atoms with E-state index in [1.54, 1.807) is 23.9 Å². The summed E-state index contributed by atoms with van der Waals surface area (Å²) < 4.78 is 0. The van der Waals surface area contributed by atoms with Crippen LogP contribution >= 0.6 is 11.8 Å². The van der Waals surface area contributed by atoms with Crippen molar-refractivity contribution in [2.45, 2.75) is 17.9 Å². The maximum atomic E-state index is 12.3. The molecule has 0 saturated heterocycles. The van der Waals surface area contributed by atoms with Crippen molar-refractivity contribution in [1.29, 1.82) is 0 Å². The van der Waals surface area contributed by atoms with Crippen molar-refractivity contribution in [2.24, 2.45) is 0 Å². The lowest BCUT2D eigenvalue weighted by Gasteiger charge is -2.29. The van der Waals surface area contributed by atoms with Crippen LogP contribution < -0.4 is 0 Å². The molecule has 0 bridgehead atoms. The predicted octanol–water partition coefficient (Wildman–Crippen LogP) is 3.07. The van der Waals surface area contributed by atoms with Crippen LogP contribution in [0.25, 0.3) is 0 Å². The number of hydrogen-bond donors (Lipinski definition) is 1. The van der Waals surface area contributed by atoms with E-state index in [1.165, 1.54) is 5.56 Å². The fourth-order valence-electron chi connectivity index (χ4n) is 2.51. The Kier molecular flexibility index (Phi) is 4.15. The van der Waals surface area contributed by atoms with E-state index in [1.807, 2.05) is 41.3 Å². The van der Waals surface area contributed by atoms with Crippen LogP contribution in [0.5, 0.6) is 5.75 Å². The summed E-state index contributed by atoms with van der Waals surface area (Å²) in [6.45, 7) is 1.35. The summed E-state index contributed by atoms with van der Waals surface area (Å²) in [6, 6.07) is 15.4. The highest BCUT2D eigenvalue weighted by Crippen LogP contribution is 2.24. The SMILES string of the molecule is O=C(CSc1ccccc1)N1CCc2ccc(O)cc2C1. The molecule has 21 heavy (non-hydrogen) atoms. The van der Waals surface area contributed by atoms with Gasteiger partial charge in [0.15, 0.2) is 0 Å². The summed E-state index contributed by atoms with van der Waals surface area (Å²) in [7, 11) is 0. The number of carbonyl (C=O) groups is 1. The Labute approximate surface area is 128 Å². The molecule has 3 nitrogen and oxygen atoms in total. The largest absolute Gasteiger partial charge is 0.508 e. The van der Waals surface area contributed by atoms with Gasteiger partial charge in [0.2, 0.25) is 5.91 Å². The molecule has 0 aromatic heterocycles. The molecule has 0 aliphatic carbocycles. The zero-order valence-corrected chi connectivity index (χ0v) is 12.5. The first kappa shape index (κ1) is 14.0. The van der Waals surface area contributed by atoms with Crippen LogP contribution in [0.1, 0.15) is 11.1 Å². The lowest BCUT2D eigenvalue weighted by atomic mass is 9.99. The van der Waals surface area contributed by atoms with Crippen molar-refractivity contribution in [2.75, 3.05) is 12.3 Å². The monoisotopic (exact) mass is 299 g/mol. The number of nitrogens with zero attached hydrogens (tertiary/aromatic N) is 1. The van der Waals surface area contributed by atoms with Gasteiger partial charge < -0.3 is 10.0 Å². The van der Waals surface area contributed by atoms with Gasteiger partial charge in [0, 0.05) is 18.0 Å². The second-order valence-electron chi connectivity index (χ2n) is 5.12. The standard InChI is InChI=1S/C17H17NO2S/c19-15-7-6-13-8-9-18(11-14(13)10-15)17(20)12-21-16-4-2-1-3-5-16/h1-7,10,19H,8-9,11-12H2. The second-order valence-corrected chi connectivity index (χ2v) is 6.17. The minimum absolute atomic E-state index is 0.151. The summed E-state index contributed by atoms with van der Waals surface area (Å²) >= 11 is 1.57. The maximum Gasteiger partial charge on any atom is 0.233 e. The van der Waals surface area contributed by atoms with Crippen molar-refractivity contribution >= 4 is 17.7 Å². The van der Waals surface area contributed by atoms with Gasteiger partial charge in [-0.3, -0.25) is 4.79 Å². The molecule has 0 radical (unpaired) electrons. The normalized spacial score (nSPS) is 13.8. The minimum Gasteiger partial charge on any atom is -0.508 e. The predicted molar refractivity (Wildman–Crippen MR) is 84.4 cm³/mol. The van der Waals surface area contributed by atoms with Crippen LogP contribution in [-0.4, -0.2) is 28.2 Å². The first-order valence-corrected chi connectivity index (χ1v) is 7.97. The quantitative estimate of drug-likeness (QED) is 0.886. The van der Waals surface area contributed by atoms with E-state index in [0.29, 0.717) is 12.3 Å². The molecule has 0 atom stereocenters. The topological polar surface area (TPSA) is 40.5 Å². The van der Waals surface area contributed by atoms with Crippen LogP contribution in [0.4, 0.5) is 0 Å². The summed E-state index contributed by atoms with van der Waals surface area (Å²) in [6.07, 6.45) is 0.858. The number of phenolic OH excluding ortho intramolecular Hbond substituents is 1. The highest BCUT2D eigenvalue weighted by atomic mass is 32.2. The number of hydrogen-bond acceptors (Lipinski definition) is 3. The third-order valence-corrected chi connectivity index (χ3v) is 4.66. The fraction of sp³-hybridized carbons (Fsp3) is 0.235. The van der Waals surface area contributed by atoms with Crippen LogP contribution in [-0.2, 0) is 17.8 Å². The van der Waals surface area contributed by atoms with Gasteiger partial charge in [-0.1, -0.05) is 24.3 Å². The van der Waals surface area contributed by atoms with E-state index >= 15 is 0 Å². The molecule has 0 spiro atoms. The van der Waals surface area contributed by atoms with E-state index in [9.17, 15) is 9.90 Å². The first-order valence-electron chi connectivity index (χ1n) is 6.99. The van der Waals surface area contributed by atoms with E-state index < -0.39 is 0 Å². The molecule has 4 heteroatoms. The molecule has 1 aliphatic heterocycles. The molecule has 1 amide bonds. The lowest BCUT2D eigenvalue weighted by molar-refractivity contribution is -0.129. The van der Waals surface area contributed by atoms with Gasteiger partial charge in [-0.2, -0.15) is 0 Å². The Bertz CT molecular complexity index is 642. The van der Waals surface area contributed by atoms with Crippen molar-refractivity contribution in [3.63, 3.8) is 0 Å². The minimum atomic E-state index is 0.151. The second kappa shape index (κ2) is 6.22. The molecule has 2 aromatic rings. The number of aromatic hydroxyl groups is 1. The van der Waals surface area contributed by atoms with Gasteiger partial charge in [-0.05, 0) is 41.8 Å².